The quantitative estimate of drug-likeness (QED) is 0.718. The van der Waals surface area contributed by atoms with E-state index >= 15 is 0 Å². The fraction of sp³-hybridized carbons (Fsp3) is 0.467. The summed E-state index contributed by atoms with van der Waals surface area (Å²) in [5, 5.41) is 1.37. The Balaban J connectivity index is 2.05. The van der Waals surface area contributed by atoms with Crippen molar-refractivity contribution in [3.05, 3.63) is 35.0 Å². The number of rotatable bonds is 0. The van der Waals surface area contributed by atoms with E-state index in [0.29, 0.717) is 5.92 Å². The maximum absolute atomic E-state index is 6.36. The average Bonchev–Trinajstić information content (AvgIpc) is 2.57. The standard InChI is InChI=1S/C15H19N3/c1-10-2-3-14-12(8-10)13-9-17-6-4-11(5-7-17)15(13)18(14)16/h2-3,8,11H,4-7,9,16H2,1H3. The van der Waals surface area contributed by atoms with Crippen LogP contribution >= 0.6 is 0 Å². The Labute approximate surface area is 107 Å². The van der Waals surface area contributed by atoms with E-state index in [-0.39, 0.29) is 0 Å². The van der Waals surface area contributed by atoms with Crippen LogP contribution in [-0.4, -0.2) is 22.7 Å². The number of nitrogens with two attached hydrogens (primary N) is 1. The van der Waals surface area contributed by atoms with Gasteiger partial charge in [0.1, 0.15) is 0 Å². The maximum Gasteiger partial charge on any atom is 0.0697 e. The number of piperidine rings is 1. The molecule has 3 heteroatoms. The third-order valence-corrected chi connectivity index (χ3v) is 4.66. The van der Waals surface area contributed by atoms with E-state index in [0.717, 1.165) is 6.54 Å². The number of aryl methyl sites for hydroxylation is 1. The first kappa shape index (κ1) is 10.4. The van der Waals surface area contributed by atoms with Crippen LogP contribution in [0.3, 0.4) is 0 Å². The second-order valence-corrected chi connectivity index (χ2v) is 5.80. The van der Waals surface area contributed by atoms with E-state index < -0.39 is 0 Å². The van der Waals surface area contributed by atoms with Crippen molar-refractivity contribution >= 4 is 10.9 Å². The molecule has 2 bridgehead atoms. The van der Waals surface area contributed by atoms with Crippen molar-refractivity contribution in [1.82, 2.24) is 9.58 Å². The van der Waals surface area contributed by atoms with Gasteiger partial charge in [0.15, 0.2) is 0 Å². The molecule has 0 unspecified atom stereocenters. The first-order chi connectivity index (χ1) is 8.74. The summed E-state index contributed by atoms with van der Waals surface area (Å²) in [6.45, 7) is 5.70. The topological polar surface area (TPSA) is 34.2 Å². The molecule has 5 rings (SSSR count). The molecule has 0 atom stereocenters. The highest BCUT2D eigenvalue weighted by atomic mass is 15.3. The summed E-state index contributed by atoms with van der Waals surface area (Å²) in [5.41, 5.74) is 5.40. The maximum atomic E-state index is 6.36. The molecule has 4 heterocycles. The van der Waals surface area contributed by atoms with Crippen molar-refractivity contribution < 1.29 is 0 Å². The molecule has 1 fully saturated rings. The third-order valence-electron chi connectivity index (χ3n) is 4.66. The number of hydrogen-bond donors (Lipinski definition) is 1. The minimum absolute atomic E-state index is 0.663. The second kappa shape index (κ2) is 3.51. The van der Waals surface area contributed by atoms with Gasteiger partial charge < -0.3 is 5.84 Å². The normalized spacial score (nSPS) is 26.3. The Hall–Kier alpha value is -1.48. The van der Waals surface area contributed by atoms with Gasteiger partial charge in [-0.3, -0.25) is 9.58 Å². The van der Waals surface area contributed by atoms with Gasteiger partial charge in [0.05, 0.1) is 5.52 Å². The molecule has 1 saturated heterocycles. The minimum atomic E-state index is 0.663. The Bertz CT molecular complexity index is 618. The monoisotopic (exact) mass is 241 g/mol. The van der Waals surface area contributed by atoms with Crippen molar-refractivity contribution in [3.8, 4) is 0 Å². The minimum Gasteiger partial charge on any atom is -0.339 e. The van der Waals surface area contributed by atoms with Crippen LogP contribution in [0, 0.1) is 6.92 Å². The van der Waals surface area contributed by atoms with Gasteiger partial charge in [-0.2, -0.15) is 0 Å². The van der Waals surface area contributed by atoms with Crippen molar-refractivity contribution in [2.24, 2.45) is 0 Å². The molecule has 3 aliphatic rings. The predicted molar refractivity (Wildman–Crippen MR) is 74.1 cm³/mol. The van der Waals surface area contributed by atoms with Crippen molar-refractivity contribution in [2.75, 3.05) is 18.9 Å². The van der Waals surface area contributed by atoms with Gasteiger partial charge >= 0.3 is 0 Å². The fourth-order valence-electron chi connectivity index (χ4n) is 3.71. The zero-order valence-corrected chi connectivity index (χ0v) is 10.8. The average molecular weight is 241 g/mol. The summed E-state index contributed by atoms with van der Waals surface area (Å²) in [6.07, 6.45) is 2.53. The molecule has 2 N–H and O–H groups in total. The highest BCUT2D eigenvalue weighted by Crippen LogP contribution is 2.39. The van der Waals surface area contributed by atoms with Gasteiger partial charge in [-0.25, -0.2) is 0 Å². The molecular weight excluding hydrogens is 222 g/mol. The van der Waals surface area contributed by atoms with Gasteiger partial charge in [0.25, 0.3) is 0 Å². The SMILES string of the molecule is Cc1ccc2c(c1)c1c(n2N)C2CCN(CC2)C1. The summed E-state index contributed by atoms with van der Waals surface area (Å²) >= 11 is 0. The molecule has 3 nitrogen and oxygen atoms in total. The van der Waals surface area contributed by atoms with Crippen LogP contribution in [0.1, 0.15) is 35.6 Å². The number of nitrogen functional groups attached to an aromatic ring is 1. The molecular formula is C15H19N3. The third kappa shape index (κ3) is 1.28. The largest absolute Gasteiger partial charge is 0.339 e. The Morgan fingerprint density at radius 2 is 2.00 bits per heavy atom. The molecule has 1 aromatic heterocycles. The second-order valence-electron chi connectivity index (χ2n) is 5.80. The lowest BCUT2D eigenvalue weighted by atomic mass is 9.94. The van der Waals surface area contributed by atoms with Crippen LogP contribution in [0.2, 0.25) is 0 Å². The molecule has 0 spiro atoms. The molecule has 3 aliphatic heterocycles. The molecule has 0 amide bonds. The molecule has 0 saturated carbocycles. The van der Waals surface area contributed by atoms with E-state index in [2.05, 4.69) is 30.0 Å². The summed E-state index contributed by atoms with van der Waals surface area (Å²) in [4.78, 5) is 2.57. The van der Waals surface area contributed by atoms with Crippen molar-refractivity contribution in [3.63, 3.8) is 0 Å². The predicted octanol–water partition coefficient (Wildman–Crippen LogP) is 2.36. The molecule has 94 valence electrons. The Morgan fingerprint density at radius 1 is 1.22 bits per heavy atom. The van der Waals surface area contributed by atoms with Gasteiger partial charge in [-0.1, -0.05) is 11.6 Å². The number of benzene rings is 1. The van der Waals surface area contributed by atoms with Gasteiger partial charge in [0.2, 0.25) is 0 Å². The van der Waals surface area contributed by atoms with E-state index in [4.69, 9.17) is 5.84 Å². The number of hydrogen-bond acceptors (Lipinski definition) is 2. The van der Waals surface area contributed by atoms with Crippen LogP contribution < -0.4 is 5.84 Å². The number of nitrogens with zero attached hydrogens (tertiary/aromatic N) is 2. The number of aromatic nitrogens is 1. The summed E-state index contributed by atoms with van der Waals surface area (Å²) in [7, 11) is 0. The smallest absolute Gasteiger partial charge is 0.0697 e. The summed E-state index contributed by atoms with van der Waals surface area (Å²) < 4.78 is 1.96. The van der Waals surface area contributed by atoms with Gasteiger partial charge in [-0.05, 0) is 50.6 Å². The fourth-order valence-corrected chi connectivity index (χ4v) is 3.71. The van der Waals surface area contributed by atoms with Gasteiger partial charge in [0, 0.05) is 23.5 Å². The lowest BCUT2D eigenvalue weighted by Crippen LogP contribution is -2.29. The van der Waals surface area contributed by atoms with Crippen LogP contribution in [0.25, 0.3) is 10.9 Å². The highest BCUT2D eigenvalue weighted by molar-refractivity contribution is 5.86. The lowest BCUT2D eigenvalue weighted by Gasteiger charge is -2.27. The molecule has 2 aromatic rings. The molecule has 0 radical (unpaired) electrons. The van der Waals surface area contributed by atoms with Crippen LogP contribution in [0.4, 0.5) is 0 Å². The van der Waals surface area contributed by atoms with E-state index in [9.17, 15) is 0 Å². The highest BCUT2D eigenvalue weighted by Gasteiger charge is 2.32. The number of fused-ring (bicyclic) bond motifs is 3. The molecule has 0 aliphatic carbocycles. The lowest BCUT2D eigenvalue weighted by molar-refractivity contribution is 0.220. The van der Waals surface area contributed by atoms with Crippen LogP contribution in [-0.2, 0) is 6.54 Å². The summed E-state index contributed by atoms with van der Waals surface area (Å²) in [6, 6.07) is 6.62. The molecule has 1 aromatic carbocycles. The van der Waals surface area contributed by atoms with E-state index in [1.165, 1.54) is 53.7 Å². The molecule has 18 heavy (non-hydrogen) atoms. The van der Waals surface area contributed by atoms with Crippen molar-refractivity contribution in [2.45, 2.75) is 32.2 Å². The summed E-state index contributed by atoms with van der Waals surface area (Å²) in [5.74, 6) is 7.03. The zero-order valence-electron chi connectivity index (χ0n) is 10.8. The van der Waals surface area contributed by atoms with Crippen LogP contribution in [0.5, 0.6) is 0 Å². The van der Waals surface area contributed by atoms with Crippen molar-refractivity contribution in [1.29, 1.82) is 0 Å². The van der Waals surface area contributed by atoms with Crippen LogP contribution in [0.15, 0.2) is 18.2 Å². The van der Waals surface area contributed by atoms with E-state index in [1.807, 2.05) is 4.68 Å². The first-order valence-electron chi connectivity index (χ1n) is 6.85. The first-order valence-corrected chi connectivity index (χ1v) is 6.85. The Kier molecular flexibility index (Phi) is 2.04. The zero-order chi connectivity index (χ0) is 12.3. The van der Waals surface area contributed by atoms with E-state index in [1.54, 1.807) is 0 Å². The van der Waals surface area contributed by atoms with Gasteiger partial charge in [-0.15, -0.1) is 0 Å². The Morgan fingerprint density at radius 3 is 2.78 bits per heavy atom.